The van der Waals surface area contributed by atoms with Crippen LogP contribution in [0.2, 0.25) is 5.15 Å². The molecule has 0 saturated heterocycles. The molecule has 0 unspecified atom stereocenters. The Morgan fingerprint density at radius 1 is 1.29 bits per heavy atom. The van der Waals surface area contributed by atoms with E-state index in [0.717, 1.165) is 11.1 Å². The third-order valence-electron chi connectivity index (χ3n) is 5.56. The highest BCUT2D eigenvalue weighted by Gasteiger charge is 2.22. The minimum atomic E-state index is -0.715. The first kappa shape index (κ1) is 23.5. The minimum absolute atomic E-state index is 0.0327. The van der Waals surface area contributed by atoms with Crippen molar-refractivity contribution in [1.29, 1.82) is 0 Å². The molecule has 0 radical (unpaired) electrons. The monoisotopic (exact) mass is 481 g/mol. The lowest BCUT2D eigenvalue weighted by atomic mass is 9.99. The van der Waals surface area contributed by atoms with Crippen LogP contribution < -0.4 is 10.7 Å². The number of halogens is 1. The molecule has 3 aromatic heterocycles. The summed E-state index contributed by atoms with van der Waals surface area (Å²) in [6, 6.07) is 6.49. The van der Waals surface area contributed by atoms with Crippen molar-refractivity contribution in [1.82, 2.24) is 19.8 Å². The highest BCUT2D eigenvalue weighted by atomic mass is 35.5. The molecule has 0 bridgehead atoms. The molecule has 4 rings (SSSR count). The van der Waals surface area contributed by atoms with Crippen LogP contribution in [-0.4, -0.2) is 38.0 Å². The number of aromatic nitrogens is 3. The van der Waals surface area contributed by atoms with E-state index in [1.165, 1.54) is 7.05 Å². The Bertz CT molecular complexity index is 1470. The van der Waals surface area contributed by atoms with Gasteiger partial charge in [-0.15, -0.1) is 0 Å². The predicted octanol–water partition coefficient (Wildman–Crippen LogP) is 4.49. The van der Waals surface area contributed by atoms with E-state index in [2.05, 4.69) is 15.4 Å². The van der Waals surface area contributed by atoms with Gasteiger partial charge in [0.2, 0.25) is 0 Å². The number of anilines is 1. The predicted molar refractivity (Wildman–Crippen MR) is 129 cm³/mol. The maximum Gasteiger partial charge on any atom is 0.297 e. The van der Waals surface area contributed by atoms with Crippen LogP contribution in [0.3, 0.4) is 0 Å². The topological polar surface area (TPSA) is 113 Å². The highest BCUT2D eigenvalue weighted by Crippen LogP contribution is 2.32. The lowest BCUT2D eigenvalue weighted by Gasteiger charge is -2.20. The zero-order valence-electron chi connectivity index (χ0n) is 19.4. The van der Waals surface area contributed by atoms with Crippen molar-refractivity contribution in [2.45, 2.75) is 26.8 Å². The summed E-state index contributed by atoms with van der Waals surface area (Å²) in [7, 11) is 3.00. The van der Waals surface area contributed by atoms with Crippen LogP contribution in [0, 0.1) is 13.8 Å². The first-order valence-corrected chi connectivity index (χ1v) is 10.9. The van der Waals surface area contributed by atoms with Gasteiger partial charge in [0.15, 0.2) is 11.1 Å². The van der Waals surface area contributed by atoms with E-state index in [1.807, 2.05) is 19.9 Å². The number of nitrogens with zero attached hydrogens (tertiary/aromatic N) is 4. The molecular formula is C24H24ClN5O4. The van der Waals surface area contributed by atoms with Gasteiger partial charge in [-0.05, 0) is 44.5 Å². The third kappa shape index (κ3) is 4.27. The second-order valence-electron chi connectivity index (χ2n) is 8.24. The SMILES string of the molecule is Cc1cc([C@@H](C)Nc2ccc(Cl)nc2C(=O)N(C)O)c2oc(-c3cnn(C)c3)c(C)c(=O)c2c1. The van der Waals surface area contributed by atoms with Gasteiger partial charge in [-0.3, -0.25) is 19.5 Å². The smallest absolute Gasteiger partial charge is 0.297 e. The third-order valence-corrected chi connectivity index (χ3v) is 5.77. The van der Waals surface area contributed by atoms with Crippen molar-refractivity contribution < 1.29 is 14.4 Å². The van der Waals surface area contributed by atoms with E-state index in [0.29, 0.717) is 38.6 Å². The molecule has 0 spiro atoms. The van der Waals surface area contributed by atoms with Gasteiger partial charge in [-0.2, -0.15) is 5.10 Å². The summed E-state index contributed by atoms with van der Waals surface area (Å²) in [6.45, 7) is 5.52. The fourth-order valence-corrected chi connectivity index (χ4v) is 4.03. The molecule has 176 valence electrons. The van der Waals surface area contributed by atoms with E-state index in [1.54, 1.807) is 49.2 Å². The van der Waals surface area contributed by atoms with Crippen LogP contribution in [0.15, 0.2) is 45.9 Å². The molecule has 10 heteroatoms. The van der Waals surface area contributed by atoms with Crippen LogP contribution in [-0.2, 0) is 7.05 Å². The van der Waals surface area contributed by atoms with Crippen molar-refractivity contribution in [2.75, 3.05) is 12.4 Å². The van der Waals surface area contributed by atoms with Gasteiger partial charge in [0.1, 0.15) is 16.5 Å². The molecular weight excluding hydrogens is 458 g/mol. The van der Waals surface area contributed by atoms with Gasteiger partial charge >= 0.3 is 0 Å². The molecule has 0 aliphatic rings. The zero-order chi connectivity index (χ0) is 24.7. The Labute approximate surface area is 200 Å². The number of hydrogen-bond donors (Lipinski definition) is 2. The van der Waals surface area contributed by atoms with Crippen LogP contribution in [0.25, 0.3) is 22.3 Å². The van der Waals surface area contributed by atoms with Crippen LogP contribution >= 0.6 is 11.6 Å². The summed E-state index contributed by atoms with van der Waals surface area (Å²) < 4.78 is 7.95. The fourth-order valence-electron chi connectivity index (χ4n) is 3.88. The number of carbonyl (C=O) groups is 1. The fraction of sp³-hybridized carbons (Fsp3) is 0.250. The number of fused-ring (bicyclic) bond motifs is 1. The zero-order valence-corrected chi connectivity index (χ0v) is 20.1. The average Bonchev–Trinajstić information content (AvgIpc) is 3.22. The van der Waals surface area contributed by atoms with E-state index in [-0.39, 0.29) is 16.3 Å². The quantitative estimate of drug-likeness (QED) is 0.245. The van der Waals surface area contributed by atoms with Gasteiger partial charge < -0.3 is 9.73 Å². The van der Waals surface area contributed by atoms with Gasteiger partial charge in [0.25, 0.3) is 5.91 Å². The van der Waals surface area contributed by atoms with Crippen molar-refractivity contribution in [2.24, 2.45) is 7.05 Å². The Balaban J connectivity index is 1.86. The van der Waals surface area contributed by atoms with E-state index in [4.69, 9.17) is 16.0 Å². The van der Waals surface area contributed by atoms with Crippen molar-refractivity contribution in [3.8, 4) is 11.3 Å². The number of benzene rings is 1. The molecule has 0 aliphatic heterocycles. The molecule has 0 fully saturated rings. The largest absolute Gasteiger partial charge is 0.455 e. The lowest BCUT2D eigenvalue weighted by Crippen LogP contribution is -2.25. The normalized spacial score (nSPS) is 12.1. The first-order chi connectivity index (χ1) is 16.1. The Morgan fingerprint density at radius 2 is 2.03 bits per heavy atom. The summed E-state index contributed by atoms with van der Waals surface area (Å²) in [6.07, 6.45) is 3.44. The van der Waals surface area contributed by atoms with Crippen molar-refractivity contribution in [3.05, 3.63) is 74.4 Å². The van der Waals surface area contributed by atoms with Gasteiger partial charge in [-0.1, -0.05) is 17.7 Å². The van der Waals surface area contributed by atoms with Crippen molar-refractivity contribution in [3.63, 3.8) is 0 Å². The molecule has 9 nitrogen and oxygen atoms in total. The molecule has 34 heavy (non-hydrogen) atoms. The molecule has 0 saturated carbocycles. The Morgan fingerprint density at radius 3 is 2.68 bits per heavy atom. The first-order valence-electron chi connectivity index (χ1n) is 10.5. The molecule has 2 N–H and O–H groups in total. The summed E-state index contributed by atoms with van der Waals surface area (Å²) in [4.78, 5) is 29.8. The maximum atomic E-state index is 13.3. The number of pyridine rings is 1. The second-order valence-corrected chi connectivity index (χ2v) is 8.63. The van der Waals surface area contributed by atoms with Gasteiger partial charge in [-0.25, -0.2) is 10.0 Å². The van der Waals surface area contributed by atoms with Crippen LogP contribution in [0.5, 0.6) is 0 Å². The lowest BCUT2D eigenvalue weighted by molar-refractivity contribution is -0.0378. The highest BCUT2D eigenvalue weighted by molar-refractivity contribution is 6.29. The van der Waals surface area contributed by atoms with Crippen molar-refractivity contribution >= 4 is 34.2 Å². The molecule has 3 heterocycles. The number of rotatable bonds is 5. The number of hydroxylamine groups is 2. The average molecular weight is 482 g/mol. The number of hydrogen-bond acceptors (Lipinski definition) is 7. The number of amides is 1. The van der Waals surface area contributed by atoms with Gasteiger partial charge in [0, 0.05) is 31.4 Å². The molecule has 1 amide bonds. The van der Waals surface area contributed by atoms with Gasteiger partial charge in [0.05, 0.1) is 28.9 Å². The number of carbonyl (C=O) groups excluding carboxylic acids is 1. The summed E-state index contributed by atoms with van der Waals surface area (Å²) >= 11 is 5.98. The van der Waals surface area contributed by atoms with E-state index < -0.39 is 11.9 Å². The molecule has 4 aromatic rings. The summed E-state index contributed by atoms with van der Waals surface area (Å²) in [5.74, 6) is -0.263. The second kappa shape index (κ2) is 8.92. The maximum absolute atomic E-state index is 13.3. The number of nitrogens with one attached hydrogen (secondary N) is 1. The Hall–Kier alpha value is -3.69. The standard InChI is InChI=1S/C24H24ClN5O4/c1-12-8-16(14(3)27-18-6-7-19(25)28-20(18)24(32)30(5)33)23-17(9-12)21(31)13(2)22(34-23)15-10-26-29(4)11-15/h6-11,14,27,33H,1-5H3/t14-/m1/s1. The molecule has 1 aromatic carbocycles. The van der Waals surface area contributed by atoms with Crippen LogP contribution in [0.4, 0.5) is 5.69 Å². The van der Waals surface area contributed by atoms with Crippen LogP contribution in [0.1, 0.15) is 40.1 Å². The van der Waals surface area contributed by atoms with E-state index in [9.17, 15) is 14.8 Å². The molecule has 0 aliphatic carbocycles. The summed E-state index contributed by atoms with van der Waals surface area (Å²) in [5.41, 5.74) is 3.47. The molecule has 1 atom stereocenters. The minimum Gasteiger partial charge on any atom is -0.455 e. The van der Waals surface area contributed by atoms with E-state index >= 15 is 0 Å². The Kier molecular flexibility index (Phi) is 6.16. The summed E-state index contributed by atoms with van der Waals surface area (Å²) in [5, 5.41) is 18.1. The number of aryl methyl sites for hydroxylation is 2.